The van der Waals surface area contributed by atoms with Gasteiger partial charge in [-0.3, -0.25) is 10.1 Å². The van der Waals surface area contributed by atoms with Crippen LogP contribution in [0.3, 0.4) is 0 Å². The van der Waals surface area contributed by atoms with Crippen molar-refractivity contribution in [2.24, 2.45) is 0 Å². The van der Waals surface area contributed by atoms with Crippen molar-refractivity contribution in [3.63, 3.8) is 0 Å². The largest absolute Gasteiger partial charge is 0.489 e. The Hall–Kier alpha value is -1.69. The summed E-state index contributed by atoms with van der Waals surface area (Å²) in [6.07, 6.45) is 0. The third-order valence-corrected chi connectivity index (χ3v) is 5.08. The Morgan fingerprint density at radius 1 is 1.30 bits per heavy atom. The molecule has 0 aliphatic carbocycles. The number of hydrogen-bond donors (Lipinski definition) is 2. The third kappa shape index (κ3) is 4.19. The second-order valence-electron chi connectivity index (χ2n) is 5.26. The lowest BCUT2D eigenvalue weighted by Crippen LogP contribution is -2.33. The molecule has 0 spiro atoms. The maximum Gasteiger partial charge on any atom is 0.321 e. The number of hydrogen-bond acceptors (Lipinski definition) is 4. The first kappa shape index (κ1) is 16.2. The molecule has 0 unspecified atom stereocenters. The van der Waals surface area contributed by atoms with E-state index < -0.39 is 12.0 Å². The van der Waals surface area contributed by atoms with Crippen LogP contribution in [0.15, 0.2) is 48.5 Å². The molecule has 1 saturated heterocycles. The summed E-state index contributed by atoms with van der Waals surface area (Å²) in [4.78, 5) is 11.0. The number of carboxylic acid groups (broad SMARTS) is 1. The van der Waals surface area contributed by atoms with Crippen LogP contribution in [-0.2, 0) is 11.4 Å². The first-order valence-corrected chi connectivity index (χ1v) is 8.62. The summed E-state index contributed by atoms with van der Waals surface area (Å²) in [5.41, 5.74) is 2.06. The van der Waals surface area contributed by atoms with E-state index in [1.54, 1.807) is 11.8 Å². The van der Waals surface area contributed by atoms with E-state index in [1.807, 2.05) is 48.5 Å². The SMILES string of the molecule is O=C(O)[C@H]1CS[C@@H](c2cccc(OCc3ccc(Cl)cc3)c2)N1. The molecule has 2 aromatic rings. The van der Waals surface area contributed by atoms with Gasteiger partial charge in [0, 0.05) is 10.8 Å². The van der Waals surface area contributed by atoms with Crippen molar-refractivity contribution >= 4 is 29.3 Å². The Labute approximate surface area is 143 Å². The minimum absolute atomic E-state index is 0.0184. The Morgan fingerprint density at radius 3 is 2.78 bits per heavy atom. The molecule has 4 nitrogen and oxygen atoms in total. The van der Waals surface area contributed by atoms with E-state index in [-0.39, 0.29) is 5.37 Å². The number of ether oxygens (including phenoxy) is 1. The zero-order chi connectivity index (χ0) is 16.2. The fraction of sp³-hybridized carbons (Fsp3) is 0.235. The van der Waals surface area contributed by atoms with Gasteiger partial charge >= 0.3 is 5.97 Å². The predicted octanol–water partition coefficient (Wildman–Crippen LogP) is 3.71. The maximum absolute atomic E-state index is 11.0. The van der Waals surface area contributed by atoms with Crippen LogP contribution in [0.2, 0.25) is 5.02 Å². The molecular formula is C17H16ClNO3S. The molecule has 6 heteroatoms. The van der Waals surface area contributed by atoms with Gasteiger partial charge in [0.2, 0.25) is 0 Å². The van der Waals surface area contributed by atoms with E-state index in [2.05, 4.69) is 5.32 Å². The highest BCUT2D eigenvalue weighted by atomic mass is 35.5. The second kappa shape index (κ2) is 7.25. The standard InChI is InChI=1S/C17H16ClNO3S/c18-13-6-4-11(5-7-13)9-22-14-3-1-2-12(8-14)16-19-15(10-23-16)17(20)21/h1-8,15-16,19H,9-10H2,(H,20,21)/t15-,16+/m1/s1. The topological polar surface area (TPSA) is 58.6 Å². The Balaban J connectivity index is 1.63. The van der Waals surface area contributed by atoms with Crippen molar-refractivity contribution in [1.82, 2.24) is 5.32 Å². The van der Waals surface area contributed by atoms with E-state index in [9.17, 15) is 4.79 Å². The maximum atomic E-state index is 11.0. The summed E-state index contributed by atoms with van der Waals surface area (Å²) in [5, 5.41) is 12.8. The van der Waals surface area contributed by atoms with E-state index in [4.69, 9.17) is 21.4 Å². The van der Waals surface area contributed by atoms with Gasteiger partial charge in [0.05, 0.1) is 5.37 Å². The highest BCUT2D eigenvalue weighted by molar-refractivity contribution is 7.99. The van der Waals surface area contributed by atoms with Crippen LogP contribution in [0.4, 0.5) is 0 Å². The average molecular weight is 350 g/mol. The first-order chi connectivity index (χ1) is 11.1. The summed E-state index contributed by atoms with van der Waals surface area (Å²) in [6.45, 7) is 0.462. The van der Waals surface area contributed by atoms with Crippen LogP contribution >= 0.6 is 23.4 Å². The molecule has 23 heavy (non-hydrogen) atoms. The molecule has 0 bridgehead atoms. The van der Waals surface area contributed by atoms with Crippen molar-refractivity contribution in [2.45, 2.75) is 18.0 Å². The average Bonchev–Trinajstić information content (AvgIpc) is 3.05. The minimum Gasteiger partial charge on any atom is -0.489 e. The lowest BCUT2D eigenvalue weighted by atomic mass is 10.2. The molecular weight excluding hydrogens is 334 g/mol. The number of halogens is 1. The van der Waals surface area contributed by atoms with Crippen LogP contribution in [0.1, 0.15) is 16.5 Å². The molecule has 2 atom stereocenters. The lowest BCUT2D eigenvalue weighted by Gasteiger charge is -2.13. The molecule has 2 N–H and O–H groups in total. The second-order valence-corrected chi connectivity index (χ2v) is 6.83. The van der Waals surface area contributed by atoms with Gasteiger partial charge in [-0.15, -0.1) is 11.8 Å². The first-order valence-electron chi connectivity index (χ1n) is 7.19. The van der Waals surface area contributed by atoms with Gasteiger partial charge in [-0.2, -0.15) is 0 Å². The molecule has 0 saturated carbocycles. The van der Waals surface area contributed by atoms with Gasteiger partial charge in [-0.1, -0.05) is 35.9 Å². The zero-order valence-electron chi connectivity index (χ0n) is 12.2. The van der Waals surface area contributed by atoms with Gasteiger partial charge in [0.1, 0.15) is 18.4 Å². The molecule has 3 rings (SSSR count). The summed E-state index contributed by atoms with van der Waals surface area (Å²) in [7, 11) is 0. The summed E-state index contributed by atoms with van der Waals surface area (Å²) < 4.78 is 5.81. The number of carboxylic acids is 1. The number of rotatable bonds is 5. The highest BCUT2D eigenvalue weighted by Gasteiger charge is 2.30. The van der Waals surface area contributed by atoms with Crippen molar-refractivity contribution in [2.75, 3.05) is 5.75 Å². The van der Waals surface area contributed by atoms with Gasteiger partial charge in [0.15, 0.2) is 0 Å². The molecule has 0 amide bonds. The van der Waals surface area contributed by atoms with E-state index in [0.29, 0.717) is 17.4 Å². The van der Waals surface area contributed by atoms with Crippen LogP contribution in [0.25, 0.3) is 0 Å². The minimum atomic E-state index is -0.810. The summed E-state index contributed by atoms with van der Waals surface area (Å²) in [5.74, 6) is 0.518. The van der Waals surface area contributed by atoms with Crippen LogP contribution < -0.4 is 10.1 Å². The lowest BCUT2D eigenvalue weighted by molar-refractivity contribution is -0.138. The summed E-state index contributed by atoms with van der Waals surface area (Å²) in [6, 6.07) is 14.8. The molecule has 0 aromatic heterocycles. The van der Waals surface area contributed by atoms with Crippen LogP contribution in [0, 0.1) is 0 Å². The number of thioether (sulfide) groups is 1. The number of aliphatic carboxylic acids is 1. The van der Waals surface area contributed by atoms with Crippen molar-refractivity contribution in [3.05, 3.63) is 64.7 Å². The predicted molar refractivity (Wildman–Crippen MR) is 92.0 cm³/mol. The van der Waals surface area contributed by atoms with Crippen molar-refractivity contribution in [3.8, 4) is 5.75 Å². The fourth-order valence-electron chi connectivity index (χ4n) is 2.32. The van der Waals surface area contributed by atoms with Gasteiger partial charge in [-0.05, 0) is 35.4 Å². The molecule has 0 radical (unpaired) electrons. The molecule has 1 aliphatic heterocycles. The number of nitrogens with one attached hydrogen (secondary N) is 1. The molecule has 1 fully saturated rings. The molecule has 1 aliphatic rings. The molecule has 1 heterocycles. The quantitative estimate of drug-likeness (QED) is 0.861. The Morgan fingerprint density at radius 2 is 2.09 bits per heavy atom. The zero-order valence-corrected chi connectivity index (χ0v) is 13.8. The van der Waals surface area contributed by atoms with Crippen LogP contribution in [0.5, 0.6) is 5.75 Å². The van der Waals surface area contributed by atoms with E-state index >= 15 is 0 Å². The monoisotopic (exact) mass is 349 g/mol. The Kier molecular flexibility index (Phi) is 5.10. The number of carbonyl (C=O) groups is 1. The van der Waals surface area contributed by atoms with Crippen LogP contribution in [-0.4, -0.2) is 22.9 Å². The highest BCUT2D eigenvalue weighted by Crippen LogP contribution is 2.34. The van der Waals surface area contributed by atoms with Crippen molar-refractivity contribution < 1.29 is 14.6 Å². The fourth-order valence-corrected chi connectivity index (χ4v) is 3.67. The molecule has 120 valence electrons. The van der Waals surface area contributed by atoms with Gasteiger partial charge in [0.25, 0.3) is 0 Å². The Bertz CT molecular complexity index is 692. The number of benzene rings is 2. The van der Waals surface area contributed by atoms with Gasteiger partial charge in [-0.25, -0.2) is 0 Å². The van der Waals surface area contributed by atoms with E-state index in [0.717, 1.165) is 16.9 Å². The normalized spacial score (nSPS) is 20.4. The third-order valence-electron chi connectivity index (χ3n) is 3.56. The smallest absolute Gasteiger partial charge is 0.321 e. The van der Waals surface area contributed by atoms with E-state index in [1.165, 1.54) is 0 Å². The molecule has 2 aromatic carbocycles. The van der Waals surface area contributed by atoms with Gasteiger partial charge < -0.3 is 9.84 Å². The van der Waals surface area contributed by atoms with Crippen molar-refractivity contribution in [1.29, 1.82) is 0 Å². The summed E-state index contributed by atoms with van der Waals surface area (Å²) >= 11 is 7.46.